The number of likely N-dealkylation sites (tertiary alicyclic amines) is 2. The summed E-state index contributed by atoms with van der Waals surface area (Å²) in [5.74, 6) is 2.01. The Balaban J connectivity index is 1.21. The maximum Gasteiger partial charge on any atom is 0.227 e. The fraction of sp³-hybridized carbons (Fsp3) is 0.714. The van der Waals surface area contributed by atoms with Gasteiger partial charge < -0.3 is 9.80 Å². The van der Waals surface area contributed by atoms with E-state index in [4.69, 9.17) is 0 Å². The van der Waals surface area contributed by atoms with E-state index in [-0.39, 0.29) is 11.8 Å². The van der Waals surface area contributed by atoms with Gasteiger partial charge >= 0.3 is 0 Å². The number of fused-ring (bicyclic) bond motifs is 2. The van der Waals surface area contributed by atoms with E-state index in [9.17, 15) is 9.59 Å². The van der Waals surface area contributed by atoms with Crippen LogP contribution >= 0.6 is 0 Å². The van der Waals surface area contributed by atoms with Crippen molar-refractivity contribution in [1.29, 1.82) is 0 Å². The SMILES string of the molecule is O=C(Cc1cccc(CC(=O)N2CCCC3CCCCC32)c1)N1CCCC2CCCCC21. The average Bonchev–Trinajstić information content (AvgIpc) is 2.83. The quantitative estimate of drug-likeness (QED) is 0.656. The first-order chi connectivity index (χ1) is 15.7. The van der Waals surface area contributed by atoms with Crippen LogP contribution in [0.3, 0.4) is 0 Å². The molecule has 4 fully saturated rings. The second-order valence-electron chi connectivity index (χ2n) is 10.9. The van der Waals surface area contributed by atoms with Crippen LogP contribution < -0.4 is 0 Å². The van der Waals surface area contributed by atoms with Gasteiger partial charge in [0.25, 0.3) is 0 Å². The Morgan fingerprint density at radius 1 is 0.656 bits per heavy atom. The second kappa shape index (κ2) is 9.97. The fourth-order valence-corrected chi connectivity index (χ4v) is 7.27. The summed E-state index contributed by atoms with van der Waals surface area (Å²) in [4.78, 5) is 30.8. The second-order valence-corrected chi connectivity index (χ2v) is 10.9. The van der Waals surface area contributed by atoms with Crippen LogP contribution in [0.2, 0.25) is 0 Å². The van der Waals surface area contributed by atoms with Gasteiger partial charge in [-0.25, -0.2) is 0 Å². The molecule has 2 saturated carbocycles. The summed E-state index contributed by atoms with van der Waals surface area (Å²) >= 11 is 0. The summed E-state index contributed by atoms with van der Waals surface area (Å²) in [5, 5.41) is 0. The highest BCUT2D eigenvalue weighted by Gasteiger charge is 2.36. The van der Waals surface area contributed by atoms with Gasteiger partial charge in [-0.3, -0.25) is 9.59 Å². The van der Waals surface area contributed by atoms with Crippen LogP contribution in [0.4, 0.5) is 0 Å². The summed E-state index contributed by atoms with van der Waals surface area (Å²) < 4.78 is 0. The summed E-state index contributed by atoms with van der Waals surface area (Å²) in [7, 11) is 0. The van der Waals surface area contributed by atoms with Crippen molar-refractivity contribution in [1.82, 2.24) is 9.80 Å². The van der Waals surface area contributed by atoms with E-state index < -0.39 is 0 Å². The highest BCUT2D eigenvalue weighted by Crippen LogP contribution is 2.36. The molecular formula is C28H40N2O2. The van der Waals surface area contributed by atoms with Gasteiger partial charge in [0.05, 0.1) is 12.8 Å². The zero-order valence-electron chi connectivity index (χ0n) is 19.6. The molecule has 1 aromatic carbocycles. The third kappa shape index (κ3) is 4.75. The number of carbonyl (C=O) groups is 2. The maximum atomic E-state index is 13.2. The van der Waals surface area contributed by atoms with Gasteiger partial charge in [-0.15, -0.1) is 0 Å². The molecule has 4 heteroatoms. The number of hydrogen-bond donors (Lipinski definition) is 0. The van der Waals surface area contributed by atoms with Crippen LogP contribution in [-0.2, 0) is 22.4 Å². The van der Waals surface area contributed by atoms with Crippen molar-refractivity contribution in [2.24, 2.45) is 11.8 Å². The van der Waals surface area contributed by atoms with E-state index >= 15 is 0 Å². The Bertz CT molecular complexity index is 754. The van der Waals surface area contributed by atoms with Crippen molar-refractivity contribution in [2.75, 3.05) is 13.1 Å². The third-order valence-corrected chi connectivity index (χ3v) is 8.83. The number of amides is 2. The molecule has 2 aliphatic carbocycles. The minimum atomic E-state index is 0.283. The molecule has 2 aliphatic heterocycles. The average molecular weight is 437 g/mol. The zero-order chi connectivity index (χ0) is 21.9. The summed E-state index contributed by atoms with van der Waals surface area (Å²) in [6.07, 6.45) is 16.0. The van der Waals surface area contributed by atoms with Crippen LogP contribution in [0, 0.1) is 11.8 Å². The van der Waals surface area contributed by atoms with Crippen molar-refractivity contribution in [3.63, 3.8) is 0 Å². The number of benzene rings is 1. The van der Waals surface area contributed by atoms with E-state index in [0.29, 0.717) is 24.9 Å². The van der Waals surface area contributed by atoms with Crippen LogP contribution in [0.15, 0.2) is 24.3 Å². The molecule has 2 heterocycles. The molecule has 32 heavy (non-hydrogen) atoms. The lowest BCUT2D eigenvalue weighted by Gasteiger charge is -2.44. The minimum absolute atomic E-state index is 0.283. The standard InChI is InChI=1S/C28H40N2O2/c31-27(29-16-6-12-23-10-1-3-14-25(23)29)19-21-8-5-9-22(18-21)20-28(32)30-17-7-13-24-11-2-4-15-26(24)30/h5,8-9,18,23-26H,1-4,6-7,10-17,19-20H2. The lowest BCUT2D eigenvalue weighted by Crippen LogP contribution is -2.50. The Labute approximate surface area is 193 Å². The normalized spacial score (nSPS) is 30.4. The van der Waals surface area contributed by atoms with Crippen LogP contribution in [-0.4, -0.2) is 46.8 Å². The monoisotopic (exact) mass is 436 g/mol. The Morgan fingerprint density at radius 2 is 1.09 bits per heavy atom. The summed E-state index contributed by atoms with van der Waals surface area (Å²) in [6.45, 7) is 1.85. The molecule has 0 radical (unpaired) electrons. The molecule has 1 aromatic rings. The van der Waals surface area contributed by atoms with E-state index in [1.54, 1.807) is 0 Å². The predicted molar refractivity (Wildman–Crippen MR) is 127 cm³/mol. The highest BCUT2D eigenvalue weighted by atomic mass is 16.2. The number of nitrogens with zero attached hydrogens (tertiary/aromatic N) is 2. The van der Waals surface area contributed by atoms with Crippen molar-refractivity contribution in [3.8, 4) is 0 Å². The van der Waals surface area contributed by atoms with Crippen molar-refractivity contribution in [2.45, 2.75) is 102 Å². The summed E-state index contributed by atoms with van der Waals surface area (Å²) in [6, 6.07) is 9.21. The first-order valence-electron chi connectivity index (χ1n) is 13.4. The Hall–Kier alpha value is -1.84. The molecule has 4 unspecified atom stereocenters. The first-order valence-corrected chi connectivity index (χ1v) is 13.4. The fourth-order valence-electron chi connectivity index (χ4n) is 7.27. The van der Waals surface area contributed by atoms with Gasteiger partial charge in [0.2, 0.25) is 11.8 Å². The lowest BCUT2D eigenvalue weighted by atomic mass is 9.78. The number of piperidine rings is 2. The zero-order valence-corrected chi connectivity index (χ0v) is 19.6. The molecule has 4 nitrogen and oxygen atoms in total. The van der Waals surface area contributed by atoms with E-state index in [0.717, 1.165) is 48.9 Å². The van der Waals surface area contributed by atoms with Gasteiger partial charge in [0, 0.05) is 25.2 Å². The maximum absolute atomic E-state index is 13.2. The molecule has 0 aromatic heterocycles. The van der Waals surface area contributed by atoms with Crippen molar-refractivity contribution < 1.29 is 9.59 Å². The lowest BCUT2D eigenvalue weighted by molar-refractivity contribution is -0.137. The predicted octanol–water partition coefficient (Wildman–Crippen LogP) is 5.13. The van der Waals surface area contributed by atoms with Crippen molar-refractivity contribution in [3.05, 3.63) is 35.4 Å². The summed E-state index contributed by atoms with van der Waals surface area (Å²) in [5.41, 5.74) is 2.12. The van der Waals surface area contributed by atoms with Gasteiger partial charge in [-0.1, -0.05) is 49.9 Å². The first kappa shape index (κ1) is 22.0. The smallest absolute Gasteiger partial charge is 0.227 e. The van der Waals surface area contributed by atoms with Gasteiger partial charge in [-0.05, 0) is 74.3 Å². The van der Waals surface area contributed by atoms with Crippen LogP contribution in [0.5, 0.6) is 0 Å². The number of hydrogen-bond acceptors (Lipinski definition) is 2. The molecule has 0 N–H and O–H groups in total. The number of rotatable bonds is 4. The topological polar surface area (TPSA) is 40.6 Å². The molecule has 0 bridgehead atoms. The van der Waals surface area contributed by atoms with E-state index in [1.165, 1.54) is 64.2 Å². The Kier molecular flexibility index (Phi) is 6.85. The molecule has 2 amide bonds. The van der Waals surface area contributed by atoms with Crippen LogP contribution in [0.1, 0.15) is 88.2 Å². The number of carbonyl (C=O) groups excluding carboxylic acids is 2. The van der Waals surface area contributed by atoms with Gasteiger partial charge in [-0.2, -0.15) is 0 Å². The minimum Gasteiger partial charge on any atom is -0.339 e. The van der Waals surface area contributed by atoms with Crippen LogP contribution in [0.25, 0.3) is 0 Å². The molecule has 174 valence electrons. The molecular weight excluding hydrogens is 396 g/mol. The molecule has 2 saturated heterocycles. The molecule has 5 rings (SSSR count). The molecule has 4 aliphatic rings. The van der Waals surface area contributed by atoms with Gasteiger partial charge in [0.1, 0.15) is 0 Å². The van der Waals surface area contributed by atoms with E-state index in [2.05, 4.69) is 28.0 Å². The highest BCUT2D eigenvalue weighted by molar-refractivity contribution is 5.81. The third-order valence-electron chi connectivity index (χ3n) is 8.83. The van der Waals surface area contributed by atoms with Gasteiger partial charge in [0.15, 0.2) is 0 Å². The van der Waals surface area contributed by atoms with E-state index in [1.807, 2.05) is 6.07 Å². The van der Waals surface area contributed by atoms with Crippen molar-refractivity contribution >= 4 is 11.8 Å². The molecule has 0 spiro atoms. The molecule has 4 atom stereocenters. The Morgan fingerprint density at radius 3 is 1.59 bits per heavy atom. The largest absolute Gasteiger partial charge is 0.339 e.